The lowest BCUT2D eigenvalue weighted by Gasteiger charge is -2.29. The molecule has 23 heavy (non-hydrogen) atoms. The van der Waals surface area contributed by atoms with Gasteiger partial charge in [-0.25, -0.2) is 0 Å². The lowest BCUT2D eigenvalue weighted by Crippen LogP contribution is -2.35. The van der Waals surface area contributed by atoms with Gasteiger partial charge in [0.1, 0.15) is 0 Å². The third-order valence-electron chi connectivity index (χ3n) is 3.94. The number of hydrogen-bond donors (Lipinski definition) is 1. The minimum Gasteiger partial charge on any atom is -0.459 e. The van der Waals surface area contributed by atoms with Crippen molar-refractivity contribution in [3.8, 4) is 0 Å². The molecule has 1 N–H and O–H groups in total. The quantitative estimate of drug-likeness (QED) is 0.938. The van der Waals surface area contributed by atoms with Crippen molar-refractivity contribution in [2.45, 2.75) is 32.6 Å². The molecule has 0 spiro atoms. The number of fused-ring (bicyclic) bond motifs is 1. The van der Waals surface area contributed by atoms with Gasteiger partial charge in [-0.15, -0.1) is 0 Å². The van der Waals surface area contributed by atoms with E-state index in [1.807, 2.05) is 25.1 Å². The van der Waals surface area contributed by atoms with Crippen molar-refractivity contribution in [3.63, 3.8) is 0 Å². The highest BCUT2D eigenvalue weighted by Crippen LogP contribution is 2.31. The van der Waals surface area contributed by atoms with E-state index in [1.54, 1.807) is 17.0 Å². The van der Waals surface area contributed by atoms with E-state index >= 15 is 0 Å². The van der Waals surface area contributed by atoms with Crippen molar-refractivity contribution in [2.75, 3.05) is 16.8 Å². The minimum absolute atomic E-state index is 0.0202. The lowest BCUT2D eigenvalue weighted by molar-refractivity contribution is -0.116. The van der Waals surface area contributed by atoms with Crippen LogP contribution >= 0.6 is 0 Å². The molecule has 0 aliphatic carbocycles. The summed E-state index contributed by atoms with van der Waals surface area (Å²) in [5.74, 6) is 0.240. The molecule has 120 valence electrons. The van der Waals surface area contributed by atoms with Crippen molar-refractivity contribution < 1.29 is 14.0 Å². The van der Waals surface area contributed by atoms with Gasteiger partial charge in [-0.3, -0.25) is 9.59 Å². The van der Waals surface area contributed by atoms with E-state index < -0.39 is 0 Å². The van der Waals surface area contributed by atoms with Crippen LogP contribution in [-0.4, -0.2) is 18.4 Å². The number of rotatable bonds is 4. The zero-order chi connectivity index (χ0) is 16.2. The Balaban J connectivity index is 1.82. The number of benzene rings is 1. The fourth-order valence-corrected chi connectivity index (χ4v) is 2.87. The third kappa shape index (κ3) is 3.28. The van der Waals surface area contributed by atoms with Crippen molar-refractivity contribution in [1.29, 1.82) is 0 Å². The zero-order valence-electron chi connectivity index (χ0n) is 13.2. The summed E-state index contributed by atoms with van der Waals surface area (Å²) < 4.78 is 5.22. The van der Waals surface area contributed by atoms with E-state index in [0.29, 0.717) is 18.7 Å². The second kappa shape index (κ2) is 6.69. The maximum Gasteiger partial charge on any atom is 0.293 e. The van der Waals surface area contributed by atoms with Crippen LogP contribution in [0.2, 0.25) is 0 Å². The summed E-state index contributed by atoms with van der Waals surface area (Å²) >= 11 is 0. The molecule has 2 heterocycles. The van der Waals surface area contributed by atoms with Crippen molar-refractivity contribution in [1.82, 2.24) is 0 Å². The highest BCUT2D eigenvalue weighted by molar-refractivity contribution is 6.05. The highest BCUT2D eigenvalue weighted by Gasteiger charge is 2.25. The molecule has 0 atom stereocenters. The van der Waals surface area contributed by atoms with Gasteiger partial charge in [0.05, 0.1) is 6.26 Å². The van der Waals surface area contributed by atoms with E-state index in [-0.39, 0.29) is 11.8 Å². The molecule has 0 saturated carbocycles. The summed E-state index contributed by atoms with van der Waals surface area (Å²) in [6.07, 6.45) is 4.63. The van der Waals surface area contributed by atoms with Crippen molar-refractivity contribution in [2.24, 2.45) is 0 Å². The summed E-state index contributed by atoms with van der Waals surface area (Å²) in [5.41, 5.74) is 2.76. The van der Waals surface area contributed by atoms with Gasteiger partial charge in [-0.1, -0.05) is 6.92 Å². The first-order valence-corrected chi connectivity index (χ1v) is 7.97. The number of hydrogen-bond acceptors (Lipinski definition) is 3. The Labute approximate surface area is 135 Å². The van der Waals surface area contributed by atoms with Gasteiger partial charge < -0.3 is 14.6 Å². The SMILES string of the molecule is CCCC(=O)Nc1ccc2c(c1)CCCN2C(=O)c1ccco1. The smallest absolute Gasteiger partial charge is 0.293 e. The molecule has 1 aromatic heterocycles. The van der Waals surface area contributed by atoms with E-state index in [0.717, 1.165) is 36.2 Å². The Kier molecular flexibility index (Phi) is 4.46. The molecular formula is C18H20N2O3. The summed E-state index contributed by atoms with van der Waals surface area (Å²) in [5, 5.41) is 2.90. The fraction of sp³-hybridized carbons (Fsp3) is 0.333. The van der Waals surface area contributed by atoms with Crippen LogP contribution in [0.1, 0.15) is 42.3 Å². The van der Waals surface area contributed by atoms with Crippen LogP contribution in [0, 0.1) is 0 Å². The van der Waals surface area contributed by atoms with E-state index in [9.17, 15) is 9.59 Å². The Hall–Kier alpha value is -2.56. The van der Waals surface area contributed by atoms with E-state index in [2.05, 4.69) is 5.32 Å². The number of nitrogens with one attached hydrogen (secondary N) is 1. The van der Waals surface area contributed by atoms with Crippen LogP contribution in [0.3, 0.4) is 0 Å². The molecule has 2 aromatic rings. The minimum atomic E-state index is -0.126. The van der Waals surface area contributed by atoms with Crippen LogP contribution in [-0.2, 0) is 11.2 Å². The molecule has 1 aromatic carbocycles. The predicted molar refractivity (Wildman–Crippen MR) is 88.7 cm³/mol. The number of furan rings is 1. The average Bonchev–Trinajstić information content (AvgIpc) is 3.08. The molecule has 1 aliphatic rings. The van der Waals surface area contributed by atoms with Gasteiger partial charge in [0, 0.05) is 24.3 Å². The first kappa shape index (κ1) is 15.3. The molecule has 5 nitrogen and oxygen atoms in total. The van der Waals surface area contributed by atoms with Gasteiger partial charge >= 0.3 is 0 Å². The molecule has 0 saturated heterocycles. The van der Waals surface area contributed by atoms with Crippen LogP contribution in [0.5, 0.6) is 0 Å². The number of amides is 2. The first-order chi connectivity index (χ1) is 11.2. The number of carbonyl (C=O) groups excluding carboxylic acids is 2. The number of carbonyl (C=O) groups is 2. The van der Waals surface area contributed by atoms with E-state index in [4.69, 9.17) is 4.42 Å². The average molecular weight is 312 g/mol. The number of nitrogens with zero attached hydrogens (tertiary/aromatic N) is 1. The number of aryl methyl sites for hydroxylation is 1. The largest absolute Gasteiger partial charge is 0.459 e. The van der Waals surface area contributed by atoms with Gasteiger partial charge in [-0.05, 0) is 55.2 Å². The monoisotopic (exact) mass is 312 g/mol. The van der Waals surface area contributed by atoms with Crippen LogP contribution in [0.25, 0.3) is 0 Å². The second-order valence-electron chi connectivity index (χ2n) is 5.68. The standard InChI is InChI=1S/C18H20N2O3/c1-2-5-17(21)19-14-8-9-15-13(12-14)6-3-10-20(15)18(22)16-7-4-11-23-16/h4,7-9,11-12H,2-3,5-6,10H2,1H3,(H,19,21). The summed E-state index contributed by atoms with van der Waals surface area (Å²) in [6.45, 7) is 2.65. The maximum absolute atomic E-state index is 12.5. The molecular weight excluding hydrogens is 292 g/mol. The Morgan fingerprint density at radius 3 is 2.91 bits per heavy atom. The van der Waals surface area contributed by atoms with Crippen LogP contribution in [0.15, 0.2) is 41.0 Å². The number of anilines is 2. The predicted octanol–water partition coefficient (Wildman–Crippen LogP) is 3.61. The van der Waals surface area contributed by atoms with Gasteiger partial charge in [0.2, 0.25) is 5.91 Å². The van der Waals surface area contributed by atoms with Crippen molar-refractivity contribution in [3.05, 3.63) is 47.9 Å². The van der Waals surface area contributed by atoms with E-state index in [1.165, 1.54) is 6.26 Å². The lowest BCUT2D eigenvalue weighted by atomic mass is 10.0. The highest BCUT2D eigenvalue weighted by atomic mass is 16.3. The Morgan fingerprint density at radius 2 is 2.17 bits per heavy atom. The molecule has 5 heteroatoms. The maximum atomic E-state index is 12.5. The normalized spacial score (nSPS) is 13.5. The molecule has 0 unspecified atom stereocenters. The topological polar surface area (TPSA) is 62.6 Å². The third-order valence-corrected chi connectivity index (χ3v) is 3.94. The summed E-state index contributed by atoms with van der Waals surface area (Å²) in [7, 11) is 0. The van der Waals surface area contributed by atoms with Gasteiger partial charge in [0.25, 0.3) is 5.91 Å². The van der Waals surface area contributed by atoms with Crippen LogP contribution < -0.4 is 10.2 Å². The molecule has 3 rings (SSSR count). The van der Waals surface area contributed by atoms with Gasteiger partial charge in [-0.2, -0.15) is 0 Å². The molecule has 0 bridgehead atoms. The molecule has 1 aliphatic heterocycles. The molecule has 0 fully saturated rings. The van der Waals surface area contributed by atoms with Gasteiger partial charge in [0.15, 0.2) is 5.76 Å². The Morgan fingerprint density at radius 1 is 1.30 bits per heavy atom. The Bertz CT molecular complexity index is 707. The molecule has 2 amide bonds. The fourth-order valence-electron chi connectivity index (χ4n) is 2.87. The van der Waals surface area contributed by atoms with Crippen molar-refractivity contribution >= 4 is 23.2 Å². The summed E-state index contributed by atoms with van der Waals surface area (Å²) in [4.78, 5) is 26.0. The zero-order valence-corrected chi connectivity index (χ0v) is 13.2. The molecule has 0 radical (unpaired) electrons. The second-order valence-corrected chi connectivity index (χ2v) is 5.68. The summed E-state index contributed by atoms with van der Waals surface area (Å²) in [6, 6.07) is 9.10. The first-order valence-electron chi connectivity index (χ1n) is 7.97. The van der Waals surface area contributed by atoms with Crippen LogP contribution in [0.4, 0.5) is 11.4 Å².